The maximum absolute atomic E-state index is 12.1. The molecule has 2 rings (SSSR count). The van der Waals surface area contributed by atoms with E-state index in [1.165, 1.54) is 16.9 Å². The molecule has 1 aromatic heterocycles. The quantitative estimate of drug-likeness (QED) is 0.851. The van der Waals surface area contributed by atoms with E-state index in [4.69, 9.17) is 10.5 Å². The van der Waals surface area contributed by atoms with E-state index in [-0.39, 0.29) is 17.9 Å². The number of amides is 2. The van der Waals surface area contributed by atoms with Crippen LogP contribution in [0.5, 0.6) is 5.75 Å². The Hall–Kier alpha value is -2.34. The van der Waals surface area contributed by atoms with Crippen molar-refractivity contribution in [3.8, 4) is 5.75 Å². The number of aryl methyl sites for hydroxylation is 1. The van der Waals surface area contributed by atoms with Crippen molar-refractivity contribution >= 4 is 28.2 Å². The van der Waals surface area contributed by atoms with E-state index < -0.39 is 5.91 Å². The molecular formula is C19H24N2O3S. The van der Waals surface area contributed by atoms with Crippen molar-refractivity contribution in [1.82, 2.24) is 0 Å². The first kappa shape index (κ1) is 19.0. The number of benzene rings is 1. The van der Waals surface area contributed by atoms with E-state index in [1.807, 2.05) is 38.1 Å². The van der Waals surface area contributed by atoms with Crippen LogP contribution in [0.15, 0.2) is 24.3 Å². The summed E-state index contributed by atoms with van der Waals surface area (Å²) in [6.45, 7) is 9.97. The van der Waals surface area contributed by atoms with Crippen LogP contribution >= 0.6 is 11.3 Å². The molecule has 0 spiro atoms. The SMILES string of the molecule is Cc1sc(NC(=O)COc2ccc(C(C)(C)C)cc2)c(C(N)=O)c1C. The number of primary amides is 1. The van der Waals surface area contributed by atoms with Crippen molar-refractivity contribution in [2.45, 2.75) is 40.0 Å². The van der Waals surface area contributed by atoms with Gasteiger partial charge in [0.15, 0.2) is 6.61 Å². The molecule has 6 heteroatoms. The summed E-state index contributed by atoms with van der Waals surface area (Å²) in [4.78, 5) is 24.6. The summed E-state index contributed by atoms with van der Waals surface area (Å²) in [5.74, 6) is -0.253. The summed E-state index contributed by atoms with van der Waals surface area (Å²) < 4.78 is 5.52. The molecule has 1 heterocycles. The predicted molar refractivity (Wildman–Crippen MR) is 102 cm³/mol. The Labute approximate surface area is 152 Å². The number of rotatable bonds is 5. The molecule has 0 unspecified atom stereocenters. The zero-order valence-electron chi connectivity index (χ0n) is 15.2. The Morgan fingerprint density at radius 2 is 1.76 bits per heavy atom. The van der Waals surface area contributed by atoms with Gasteiger partial charge in [0.2, 0.25) is 0 Å². The van der Waals surface area contributed by atoms with E-state index in [0.717, 1.165) is 10.4 Å². The summed E-state index contributed by atoms with van der Waals surface area (Å²) in [6, 6.07) is 7.68. The van der Waals surface area contributed by atoms with Crippen LogP contribution in [0.2, 0.25) is 0 Å². The highest BCUT2D eigenvalue weighted by Crippen LogP contribution is 2.32. The van der Waals surface area contributed by atoms with Gasteiger partial charge in [-0.1, -0.05) is 32.9 Å². The van der Waals surface area contributed by atoms with Gasteiger partial charge in [0.25, 0.3) is 11.8 Å². The van der Waals surface area contributed by atoms with Crippen molar-refractivity contribution in [3.05, 3.63) is 45.8 Å². The molecule has 0 aliphatic heterocycles. The van der Waals surface area contributed by atoms with Crippen molar-refractivity contribution in [2.75, 3.05) is 11.9 Å². The third-order valence-electron chi connectivity index (χ3n) is 3.97. The number of nitrogens with one attached hydrogen (secondary N) is 1. The van der Waals surface area contributed by atoms with Crippen LogP contribution in [0.4, 0.5) is 5.00 Å². The maximum atomic E-state index is 12.1. The highest BCUT2D eigenvalue weighted by Gasteiger charge is 2.19. The van der Waals surface area contributed by atoms with Crippen LogP contribution in [-0.4, -0.2) is 18.4 Å². The smallest absolute Gasteiger partial charge is 0.262 e. The molecule has 2 aromatic rings. The van der Waals surface area contributed by atoms with Gasteiger partial charge >= 0.3 is 0 Å². The zero-order chi connectivity index (χ0) is 18.8. The average molecular weight is 360 g/mol. The first-order chi connectivity index (χ1) is 11.6. The molecule has 3 N–H and O–H groups in total. The third kappa shape index (κ3) is 4.60. The molecule has 0 saturated carbocycles. The van der Waals surface area contributed by atoms with Gasteiger partial charge in [0, 0.05) is 4.88 Å². The lowest BCUT2D eigenvalue weighted by atomic mass is 9.87. The second kappa shape index (κ2) is 7.27. The lowest BCUT2D eigenvalue weighted by molar-refractivity contribution is -0.118. The second-order valence-corrected chi connectivity index (χ2v) is 8.19. The summed E-state index contributed by atoms with van der Waals surface area (Å²) in [6.07, 6.45) is 0. The standard InChI is InChI=1S/C19H24N2O3S/c1-11-12(2)25-18(16(11)17(20)23)21-15(22)10-24-14-8-6-13(7-9-14)19(3,4)5/h6-9H,10H2,1-5H3,(H2,20,23)(H,21,22). The number of nitrogens with two attached hydrogens (primary N) is 1. The number of carbonyl (C=O) groups excluding carboxylic acids is 2. The highest BCUT2D eigenvalue weighted by molar-refractivity contribution is 7.16. The van der Waals surface area contributed by atoms with Crippen LogP contribution in [0.3, 0.4) is 0 Å². The molecular weight excluding hydrogens is 336 g/mol. The Bertz CT molecular complexity index is 786. The molecule has 25 heavy (non-hydrogen) atoms. The van der Waals surface area contributed by atoms with Gasteiger partial charge in [-0.3, -0.25) is 9.59 Å². The summed E-state index contributed by atoms with van der Waals surface area (Å²) in [5, 5.41) is 3.18. The first-order valence-corrected chi connectivity index (χ1v) is 8.84. The fraction of sp³-hybridized carbons (Fsp3) is 0.368. The molecule has 2 amide bonds. The van der Waals surface area contributed by atoms with Crippen molar-refractivity contribution in [2.24, 2.45) is 5.73 Å². The number of hydrogen-bond donors (Lipinski definition) is 2. The van der Waals surface area contributed by atoms with Gasteiger partial charge in [0.05, 0.1) is 5.56 Å². The van der Waals surface area contributed by atoms with E-state index in [0.29, 0.717) is 16.3 Å². The van der Waals surface area contributed by atoms with Crippen molar-refractivity contribution in [3.63, 3.8) is 0 Å². The second-order valence-electron chi connectivity index (χ2n) is 6.96. The maximum Gasteiger partial charge on any atom is 0.262 e. The van der Waals surface area contributed by atoms with Gasteiger partial charge in [0.1, 0.15) is 10.8 Å². The molecule has 1 aromatic carbocycles. The minimum atomic E-state index is -0.546. The fourth-order valence-corrected chi connectivity index (χ4v) is 3.46. The molecule has 0 saturated heterocycles. The van der Waals surface area contributed by atoms with Crippen LogP contribution in [0, 0.1) is 13.8 Å². The minimum absolute atomic E-state index is 0.0654. The molecule has 0 fully saturated rings. The Balaban J connectivity index is 2.00. The minimum Gasteiger partial charge on any atom is -0.484 e. The molecule has 0 aliphatic carbocycles. The van der Waals surface area contributed by atoms with E-state index in [2.05, 4.69) is 26.1 Å². The lowest BCUT2D eigenvalue weighted by Crippen LogP contribution is -2.22. The summed E-state index contributed by atoms with van der Waals surface area (Å²) >= 11 is 1.34. The lowest BCUT2D eigenvalue weighted by Gasteiger charge is -2.19. The highest BCUT2D eigenvalue weighted by atomic mass is 32.1. The third-order valence-corrected chi connectivity index (χ3v) is 5.10. The molecule has 0 atom stereocenters. The van der Waals surface area contributed by atoms with E-state index >= 15 is 0 Å². The molecule has 0 bridgehead atoms. The average Bonchev–Trinajstić information content (AvgIpc) is 2.79. The largest absolute Gasteiger partial charge is 0.484 e. The number of thiophene rings is 1. The van der Waals surface area contributed by atoms with Crippen molar-refractivity contribution < 1.29 is 14.3 Å². The monoisotopic (exact) mass is 360 g/mol. The van der Waals surface area contributed by atoms with Gasteiger partial charge < -0.3 is 15.8 Å². The van der Waals surface area contributed by atoms with Gasteiger partial charge in [-0.2, -0.15) is 0 Å². The molecule has 0 aliphatic rings. The summed E-state index contributed by atoms with van der Waals surface area (Å²) in [5.41, 5.74) is 7.83. The Morgan fingerprint density at radius 1 is 1.16 bits per heavy atom. The Kier molecular flexibility index (Phi) is 5.52. The van der Waals surface area contributed by atoms with Gasteiger partial charge in [-0.15, -0.1) is 11.3 Å². The normalized spacial score (nSPS) is 11.2. The molecule has 134 valence electrons. The number of hydrogen-bond acceptors (Lipinski definition) is 4. The van der Waals surface area contributed by atoms with Crippen LogP contribution < -0.4 is 15.8 Å². The van der Waals surface area contributed by atoms with E-state index in [1.54, 1.807) is 0 Å². The van der Waals surface area contributed by atoms with Crippen LogP contribution in [-0.2, 0) is 10.2 Å². The fourth-order valence-electron chi connectivity index (χ4n) is 2.37. The van der Waals surface area contributed by atoms with Crippen LogP contribution in [0.1, 0.15) is 47.1 Å². The topological polar surface area (TPSA) is 81.4 Å². The molecule has 5 nitrogen and oxygen atoms in total. The van der Waals surface area contributed by atoms with E-state index in [9.17, 15) is 9.59 Å². The molecule has 0 radical (unpaired) electrons. The zero-order valence-corrected chi connectivity index (χ0v) is 16.0. The van der Waals surface area contributed by atoms with Gasteiger partial charge in [-0.25, -0.2) is 0 Å². The number of ether oxygens (including phenoxy) is 1. The Morgan fingerprint density at radius 3 is 2.28 bits per heavy atom. The first-order valence-electron chi connectivity index (χ1n) is 8.02. The van der Waals surface area contributed by atoms with Gasteiger partial charge in [-0.05, 0) is 42.5 Å². The summed E-state index contributed by atoms with van der Waals surface area (Å²) in [7, 11) is 0. The number of carbonyl (C=O) groups is 2. The number of anilines is 1. The predicted octanol–water partition coefficient (Wildman–Crippen LogP) is 3.78. The van der Waals surface area contributed by atoms with Crippen LogP contribution in [0.25, 0.3) is 0 Å². The van der Waals surface area contributed by atoms with Crippen molar-refractivity contribution in [1.29, 1.82) is 0 Å².